The molecule has 2 aliphatic rings. The predicted molar refractivity (Wildman–Crippen MR) is 79.3 cm³/mol. The Morgan fingerprint density at radius 1 is 1.14 bits per heavy atom. The number of piperazine rings is 1. The number of nitrogens with zero attached hydrogens (tertiary/aromatic N) is 1. The van der Waals surface area contributed by atoms with Gasteiger partial charge in [-0.05, 0) is 25.7 Å². The van der Waals surface area contributed by atoms with Crippen LogP contribution in [-0.4, -0.2) is 41.8 Å². The fourth-order valence-electron chi connectivity index (χ4n) is 4.08. The van der Waals surface area contributed by atoms with Crippen molar-refractivity contribution in [2.45, 2.75) is 83.1 Å². The van der Waals surface area contributed by atoms with Gasteiger partial charge < -0.3 is 5.32 Å². The molecule has 2 rings (SSSR count). The maximum absolute atomic E-state index is 12.8. The lowest BCUT2D eigenvalue weighted by molar-refractivity contribution is -0.152. The summed E-state index contributed by atoms with van der Waals surface area (Å²) in [5.74, 6) is 0.370. The van der Waals surface area contributed by atoms with E-state index < -0.39 is 18.6 Å². The van der Waals surface area contributed by atoms with Crippen molar-refractivity contribution in [2.24, 2.45) is 5.92 Å². The van der Waals surface area contributed by atoms with Gasteiger partial charge in [0.25, 0.3) is 0 Å². The first-order valence-corrected chi connectivity index (χ1v) is 8.30. The van der Waals surface area contributed by atoms with Crippen molar-refractivity contribution in [3.05, 3.63) is 0 Å². The SMILES string of the molecule is CC(C)C1CNC2(CCCCC2)CN1C(C)CC(F)(F)F. The summed E-state index contributed by atoms with van der Waals surface area (Å²) in [7, 11) is 0. The monoisotopic (exact) mass is 306 g/mol. The van der Waals surface area contributed by atoms with Crippen LogP contribution in [-0.2, 0) is 0 Å². The fourth-order valence-corrected chi connectivity index (χ4v) is 4.08. The van der Waals surface area contributed by atoms with E-state index in [-0.39, 0.29) is 11.6 Å². The molecule has 21 heavy (non-hydrogen) atoms. The van der Waals surface area contributed by atoms with Crippen molar-refractivity contribution in [3.8, 4) is 0 Å². The van der Waals surface area contributed by atoms with Gasteiger partial charge in [0.05, 0.1) is 6.42 Å². The van der Waals surface area contributed by atoms with Crippen LogP contribution in [0, 0.1) is 5.92 Å². The van der Waals surface area contributed by atoms with Gasteiger partial charge in [0.2, 0.25) is 0 Å². The highest BCUT2D eigenvalue weighted by Gasteiger charge is 2.44. The van der Waals surface area contributed by atoms with Gasteiger partial charge in [0.1, 0.15) is 0 Å². The van der Waals surface area contributed by atoms with Gasteiger partial charge in [-0.1, -0.05) is 33.1 Å². The zero-order chi connectivity index (χ0) is 15.7. The van der Waals surface area contributed by atoms with Gasteiger partial charge in [0, 0.05) is 30.7 Å². The second kappa shape index (κ2) is 6.45. The van der Waals surface area contributed by atoms with E-state index in [4.69, 9.17) is 0 Å². The van der Waals surface area contributed by atoms with Crippen molar-refractivity contribution in [1.29, 1.82) is 0 Å². The van der Waals surface area contributed by atoms with Crippen molar-refractivity contribution in [3.63, 3.8) is 0 Å². The third-order valence-electron chi connectivity index (χ3n) is 5.27. The largest absolute Gasteiger partial charge is 0.390 e. The lowest BCUT2D eigenvalue weighted by Crippen LogP contribution is -2.67. The van der Waals surface area contributed by atoms with Crippen LogP contribution in [0.3, 0.4) is 0 Å². The maximum Gasteiger partial charge on any atom is 0.390 e. The number of rotatable bonds is 3. The molecule has 0 bridgehead atoms. The molecule has 0 aromatic heterocycles. The standard InChI is InChI=1S/C16H29F3N2/c1-12(2)14-10-20-15(7-5-4-6-8-15)11-21(14)13(3)9-16(17,18)19/h12-14,20H,4-11H2,1-3H3. The average molecular weight is 306 g/mol. The van der Waals surface area contributed by atoms with E-state index in [0.717, 1.165) is 25.9 Å². The van der Waals surface area contributed by atoms with Crippen LogP contribution in [0.25, 0.3) is 0 Å². The summed E-state index contributed by atoms with van der Waals surface area (Å²) in [5, 5.41) is 3.69. The van der Waals surface area contributed by atoms with Gasteiger partial charge >= 0.3 is 6.18 Å². The highest BCUT2D eigenvalue weighted by molar-refractivity contribution is 5.01. The summed E-state index contributed by atoms with van der Waals surface area (Å²) in [6.07, 6.45) is 1.08. The molecule has 1 aliphatic carbocycles. The first kappa shape index (κ1) is 17.1. The molecule has 2 fully saturated rings. The molecule has 1 saturated carbocycles. The van der Waals surface area contributed by atoms with Crippen LogP contribution >= 0.6 is 0 Å². The number of nitrogens with one attached hydrogen (secondary N) is 1. The number of alkyl halides is 3. The number of hydrogen-bond donors (Lipinski definition) is 1. The van der Waals surface area contributed by atoms with Crippen LogP contribution in [0.1, 0.15) is 59.3 Å². The Kier molecular flexibility index (Phi) is 5.24. The summed E-state index contributed by atoms with van der Waals surface area (Å²) in [5.41, 5.74) is 0.0590. The van der Waals surface area contributed by atoms with Crippen LogP contribution in [0.2, 0.25) is 0 Å². The molecule has 0 aromatic carbocycles. The lowest BCUT2D eigenvalue weighted by Gasteiger charge is -2.53. The normalized spacial score (nSPS) is 29.0. The molecule has 2 nitrogen and oxygen atoms in total. The molecule has 0 amide bonds. The number of hydrogen-bond acceptors (Lipinski definition) is 2. The Morgan fingerprint density at radius 3 is 2.29 bits per heavy atom. The Labute approximate surface area is 126 Å². The average Bonchev–Trinajstić information content (AvgIpc) is 2.37. The van der Waals surface area contributed by atoms with Crippen LogP contribution in [0.4, 0.5) is 13.2 Å². The number of halogens is 3. The van der Waals surface area contributed by atoms with E-state index in [1.54, 1.807) is 6.92 Å². The van der Waals surface area contributed by atoms with E-state index in [1.807, 2.05) is 0 Å². The first-order chi connectivity index (χ1) is 9.72. The Bertz CT molecular complexity index is 335. The molecule has 1 N–H and O–H groups in total. The van der Waals surface area contributed by atoms with Crippen molar-refractivity contribution in [2.75, 3.05) is 13.1 Å². The molecular formula is C16H29F3N2. The van der Waals surface area contributed by atoms with Gasteiger partial charge in [0.15, 0.2) is 0 Å². The first-order valence-electron chi connectivity index (χ1n) is 8.30. The molecule has 5 heteroatoms. The predicted octanol–water partition coefficient (Wildman–Crippen LogP) is 3.96. The molecule has 1 aliphatic heterocycles. The lowest BCUT2D eigenvalue weighted by atomic mass is 9.78. The van der Waals surface area contributed by atoms with E-state index in [9.17, 15) is 13.2 Å². The van der Waals surface area contributed by atoms with Crippen LogP contribution < -0.4 is 5.32 Å². The molecule has 124 valence electrons. The molecule has 2 unspecified atom stereocenters. The van der Waals surface area contributed by atoms with E-state index >= 15 is 0 Å². The topological polar surface area (TPSA) is 15.3 Å². The molecule has 0 aromatic rings. The highest BCUT2D eigenvalue weighted by Crippen LogP contribution is 2.35. The molecular weight excluding hydrogens is 277 g/mol. The van der Waals surface area contributed by atoms with E-state index in [0.29, 0.717) is 5.92 Å². The van der Waals surface area contributed by atoms with E-state index in [2.05, 4.69) is 24.1 Å². The van der Waals surface area contributed by atoms with Gasteiger partial charge in [-0.2, -0.15) is 13.2 Å². The second-order valence-corrected chi connectivity index (χ2v) is 7.37. The Morgan fingerprint density at radius 2 is 1.76 bits per heavy atom. The fraction of sp³-hybridized carbons (Fsp3) is 1.00. The minimum Gasteiger partial charge on any atom is -0.308 e. The summed E-state index contributed by atoms with van der Waals surface area (Å²) in [4.78, 5) is 2.14. The summed E-state index contributed by atoms with van der Waals surface area (Å²) in [6, 6.07) is -0.229. The van der Waals surface area contributed by atoms with Gasteiger partial charge in [-0.3, -0.25) is 4.90 Å². The minimum atomic E-state index is -4.08. The smallest absolute Gasteiger partial charge is 0.308 e. The summed E-state index contributed by atoms with van der Waals surface area (Å²) >= 11 is 0. The van der Waals surface area contributed by atoms with Gasteiger partial charge in [-0.15, -0.1) is 0 Å². The zero-order valence-electron chi connectivity index (χ0n) is 13.5. The Balaban J connectivity index is 2.11. The van der Waals surface area contributed by atoms with Crippen LogP contribution in [0.15, 0.2) is 0 Å². The van der Waals surface area contributed by atoms with Crippen molar-refractivity contribution < 1.29 is 13.2 Å². The van der Waals surface area contributed by atoms with Crippen LogP contribution in [0.5, 0.6) is 0 Å². The molecule has 1 heterocycles. The quantitative estimate of drug-likeness (QED) is 0.849. The van der Waals surface area contributed by atoms with Crippen molar-refractivity contribution in [1.82, 2.24) is 10.2 Å². The Hall–Kier alpha value is -0.290. The van der Waals surface area contributed by atoms with Crippen molar-refractivity contribution >= 4 is 0 Å². The zero-order valence-corrected chi connectivity index (χ0v) is 13.5. The maximum atomic E-state index is 12.8. The minimum absolute atomic E-state index is 0.0590. The molecule has 2 atom stereocenters. The summed E-state index contributed by atoms with van der Waals surface area (Å²) < 4.78 is 38.3. The summed E-state index contributed by atoms with van der Waals surface area (Å²) in [6.45, 7) is 7.55. The third-order valence-corrected chi connectivity index (χ3v) is 5.27. The molecule has 1 spiro atoms. The second-order valence-electron chi connectivity index (χ2n) is 7.37. The highest BCUT2D eigenvalue weighted by atomic mass is 19.4. The molecule has 0 radical (unpaired) electrons. The third kappa shape index (κ3) is 4.35. The molecule has 1 saturated heterocycles. The van der Waals surface area contributed by atoms with Gasteiger partial charge in [-0.25, -0.2) is 0 Å². The van der Waals surface area contributed by atoms with E-state index in [1.165, 1.54) is 19.3 Å².